The van der Waals surface area contributed by atoms with Gasteiger partial charge in [-0.05, 0) is 70.1 Å². The average molecular weight is 329 g/mol. The number of nitrogens with one attached hydrogen (secondary N) is 1. The summed E-state index contributed by atoms with van der Waals surface area (Å²) in [6.45, 7) is 6.47. The highest BCUT2D eigenvalue weighted by molar-refractivity contribution is 9.10. The third-order valence-electron chi connectivity index (χ3n) is 3.97. The number of likely N-dealkylation sites (tertiary alicyclic amines) is 1. The first kappa shape index (κ1) is 14.9. The lowest BCUT2D eigenvalue weighted by molar-refractivity contribution is 0.181. The Labute approximate surface area is 123 Å². The van der Waals surface area contributed by atoms with E-state index in [0.29, 0.717) is 12.0 Å². The summed E-state index contributed by atoms with van der Waals surface area (Å²) < 4.78 is 14.6. The monoisotopic (exact) mass is 328 g/mol. The Bertz CT molecular complexity index is 436. The number of hydrogen-bond acceptors (Lipinski definition) is 2. The highest BCUT2D eigenvalue weighted by Crippen LogP contribution is 2.41. The first-order chi connectivity index (χ1) is 9.04. The molecule has 0 saturated carbocycles. The normalized spacial score (nSPS) is 24.3. The molecule has 19 heavy (non-hydrogen) atoms. The fourth-order valence-electron chi connectivity index (χ4n) is 3.11. The minimum atomic E-state index is -0.156. The molecule has 2 nitrogen and oxygen atoms in total. The van der Waals surface area contributed by atoms with Crippen molar-refractivity contribution in [1.29, 1.82) is 0 Å². The van der Waals surface area contributed by atoms with Gasteiger partial charge >= 0.3 is 0 Å². The molecule has 0 spiro atoms. The minimum Gasteiger partial charge on any atom is -0.319 e. The van der Waals surface area contributed by atoms with Gasteiger partial charge in [-0.2, -0.15) is 0 Å². The van der Waals surface area contributed by atoms with Gasteiger partial charge in [-0.3, -0.25) is 4.90 Å². The van der Waals surface area contributed by atoms with Crippen LogP contribution < -0.4 is 5.32 Å². The second-order valence-corrected chi connectivity index (χ2v) is 6.40. The van der Waals surface area contributed by atoms with Crippen LogP contribution in [0.3, 0.4) is 0 Å². The third kappa shape index (κ3) is 3.18. The zero-order chi connectivity index (χ0) is 14.0. The van der Waals surface area contributed by atoms with Gasteiger partial charge in [0.2, 0.25) is 0 Å². The molecule has 2 rings (SSSR count). The van der Waals surface area contributed by atoms with Crippen molar-refractivity contribution in [3.63, 3.8) is 0 Å². The van der Waals surface area contributed by atoms with Crippen molar-refractivity contribution in [3.8, 4) is 0 Å². The predicted molar refractivity (Wildman–Crippen MR) is 80.7 cm³/mol. The zero-order valence-corrected chi connectivity index (χ0v) is 13.4. The molecule has 0 radical (unpaired) electrons. The van der Waals surface area contributed by atoms with Crippen molar-refractivity contribution in [3.05, 3.63) is 34.1 Å². The van der Waals surface area contributed by atoms with Gasteiger partial charge in [-0.25, -0.2) is 4.39 Å². The maximum atomic E-state index is 13.6. The molecule has 1 fully saturated rings. The van der Waals surface area contributed by atoms with Crippen LogP contribution in [0.1, 0.15) is 31.9 Å². The summed E-state index contributed by atoms with van der Waals surface area (Å²) in [6.07, 6.45) is 1.16. The van der Waals surface area contributed by atoms with E-state index in [4.69, 9.17) is 0 Å². The lowest BCUT2D eigenvalue weighted by Crippen LogP contribution is -2.34. The molecule has 0 bridgehead atoms. The van der Waals surface area contributed by atoms with Crippen LogP contribution in [-0.2, 0) is 0 Å². The first-order valence-corrected chi connectivity index (χ1v) is 7.69. The van der Waals surface area contributed by atoms with Crippen molar-refractivity contribution in [2.75, 3.05) is 20.1 Å². The second-order valence-electron chi connectivity index (χ2n) is 5.55. The number of halogens is 2. The first-order valence-electron chi connectivity index (χ1n) is 6.90. The molecule has 1 heterocycles. The molecule has 0 aromatic heterocycles. The van der Waals surface area contributed by atoms with Crippen molar-refractivity contribution in [1.82, 2.24) is 10.2 Å². The Morgan fingerprint density at radius 3 is 2.84 bits per heavy atom. The van der Waals surface area contributed by atoms with Crippen LogP contribution in [0.4, 0.5) is 4.39 Å². The summed E-state index contributed by atoms with van der Waals surface area (Å²) in [6, 6.07) is 5.77. The molecule has 2 atom stereocenters. The average Bonchev–Trinajstić information content (AvgIpc) is 2.76. The number of rotatable bonds is 4. The summed E-state index contributed by atoms with van der Waals surface area (Å²) in [4.78, 5) is 2.47. The molecule has 2 unspecified atom stereocenters. The fourth-order valence-corrected chi connectivity index (χ4v) is 3.59. The summed E-state index contributed by atoms with van der Waals surface area (Å²) >= 11 is 3.58. The van der Waals surface area contributed by atoms with Gasteiger partial charge in [0, 0.05) is 16.6 Å². The molecule has 106 valence electrons. The Hall–Kier alpha value is -0.450. The van der Waals surface area contributed by atoms with Crippen LogP contribution in [0.25, 0.3) is 0 Å². The van der Waals surface area contributed by atoms with E-state index >= 15 is 0 Å². The number of hydrogen-bond donors (Lipinski definition) is 1. The number of benzene rings is 1. The van der Waals surface area contributed by atoms with E-state index < -0.39 is 0 Å². The second kappa shape index (κ2) is 6.33. The lowest BCUT2D eigenvalue weighted by atomic mass is 9.93. The van der Waals surface area contributed by atoms with E-state index in [2.05, 4.69) is 40.0 Å². The van der Waals surface area contributed by atoms with Gasteiger partial charge in [0.1, 0.15) is 5.82 Å². The fraction of sp³-hybridized carbons (Fsp3) is 0.600. The highest BCUT2D eigenvalue weighted by Gasteiger charge is 2.37. The Morgan fingerprint density at radius 1 is 1.47 bits per heavy atom. The van der Waals surface area contributed by atoms with E-state index in [0.717, 1.165) is 29.5 Å². The van der Waals surface area contributed by atoms with Crippen LogP contribution in [0.5, 0.6) is 0 Å². The molecule has 1 aliphatic heterocycles. The van der Waals surface area contributed by atoms with E-state index in [-0.39, 0.29) is 11.9 Å². The van der Waals surface area contributed by atoms with Gasteiger partial charge in [-0.1, -0.05) is 15.9 Å². The van der Waals surface area contributed by atoms with Crippen LogP contribution in [0, 0.1) is 11.7 Å². The Balaban J connectivity index is 2.37. The maximum Gasteiger partial charge on any atom is 0.123 e. The highest BCUT2D eigenvalue weighted by atomic mass is 79.9. The molecule has 1 aromatic carbocycles. The van der Waals surface area contributed by atoms with E-state index in [1.807, 2.05) is 13.1 Å². The summed E-state index contributed by atoms with van der Waals surface area (Å²) in [5.74, 6) is 0.377. The summed E-state index contributed by atoms with van der Waals surface area (Å²) in [5.41, 5.74) is 1.08. The quantitative estimate of drug-likeness (QED) is 0.908. The standard InChI is InChI=1S/C15H22BrFN2/c1-10(2)19-7-6-11(9-18-3)15(19)13-8-12(17)4-5-14(13)16/h4-5,8,10-11,15,18H,6-7,9H2,1-3H3. The van der Waals surface area contributed by atoms with Crippen LogP contribution in [0.15, 0.2) is 22.7 Å². The van der Waals surface area contributed by atoms with Gasteiger partial charge in [0.25, 0.3) is 0 Å². The topological polar surface area (TPSA) is 15.3 Å². The molecule has 0 amide bonds. The van der Waals surface area contributed by atoms with Crippen LogP contribution in [0.2, 0.25) is 0 Å². The van der Waals surface area contributed by atoms with Crippen LogP contribution in [-0.4, -0.2) is 31.1 Å². The Morgan fingerprint density at radius 2 is 2.21 bits per heavy atom. The van der Waals surface area contributed by atoms with E-state index in [1.54, 1.807) is 6.07 Å². The summed E-state index contributed by atoms with van der Waals surface area (Å²) in [7, 11) is 1.98. The molecule has 1 saturated heterocycles. The van der Waals surface area contributed by atoms with E-state index in [1.165, 1.54) is 6.07 Å². The van der Waals surface area contributed by atoms with E-state index in [9.17, 15) is 4.39 Å². The van der Waals surface area contributed by atoms with Gasteiger partial charge in [-0.15, -0.1) is 0 Å². The van der Waals surface area contributed by atoms with Crippen molar-refractivity contribution < 1.29 is 4.39 Å². The molecule has 1 aliphatic rings. The van der Waals surface area contributed by atoms with Crippen LogP contribution >= 0.6 is 15.9 Å². The van der Waals surface area contributed by atoms with Gasteiger partial charge in [0.05, 0.1) is 0 Å². The minimum absolute atomic E-state index is 0.156. The summed E-state index contributed by atoms with van der Waals surface area (Å²) in [5, 5.41) is 3.27. The molecule has 4 heteroatoms. The molecule has 1 N–H and O–H groups in total. The predicted octanol–water partition coefficient (Wildman–Crippen LogP) is 3.58. The molecule has 1 aromatic rings. The number of nitrogens with zero attached hydrogens (tertiary/aromatic N) is 1. The maximum absolute atomic E-state index is 13.6. The molecule has 0 aliphatic carbocycles. The molecular weight excluding hydrogens is 307 g/mol. The third-order valence-corrected chi connectivity index (χ3v) is 4.69. The van der Waals surface area contributed by atoms with Gasteiger partial charge in [0.15, 0.2) is 0 Å². The van der Waals surface area contributed by atoms with Crippen molar-refractivity contribution >= 4 is 15.9 Å². The van der Waals surface area contributed by atoms with Gasteiger partial charge < -0.3 is 5.32 Å². The van der Waals surface area contributed by atoms with Crippen molar-refractivity contribution in [2.45, 2.75) is 32.4 Å². The molecular formula is C15H22BrFN2. The zero-order valence-electron chi connectivity index (χ0n) is 11.8. The largest absolute Gasteiger partial charge is 0.319 e. The lowest BCUT2D eigenvalue weighted by Gasteiger charge is -2.32. The Kier molecular flexibility index (Phi) is 4.98. The SMILES string of the molecule is CNCC1CCN(C(C)C)C1c1cc(F)ccc1Br. The van der Waals surface area contributed by atoms with Crippen molar-refractivity contribution in [2.24, 2.45) is 5.92 Å². The smallest absolute Gasteiger partial charge is 0.123 e.